The van der Waals surface area contributed by atoms with Crippen molar-refractivity contribution in [3.63, 3.8) is 0 Å². The van der Waals surface area contributed by atoms with Gasteiger partial charge in [-0.1, -0.05) is 76.2 Å². The number of H-pyrrole nitrogens is 1. The minimum absolute atomic E-state index is 0.104. The Morgan fingerprint density at radius 2 is 1.20 bits per heavy atom. The van der Waals surface area contributed by atoms with Crippen molar-refractivity contribution in [3.8, 4) is 22.4 Å². The summed E-state index contributed by atoms with van der Waals surface area (Å²) in [5.41, 5.74) is 5.78. The van der Waals surface area contributed by atoms with E-state index in [1.165, 1.54) is 14.2 Å². The number of benzene rings is 2. The van der Waals surface area contributed by atoms with Crippen LogP contribution in [0.25, 0.3) is 22.4 Å². The molecule has 4 heterocycles. The van der Waals surface area contributed by atoms with Crippen molar-refractivity contribution in [2.45, 2.75) is 77.5 Å². The maximum absolute atomic E-state index is 13.5. The summed E-state index contributed by atoms with van der Waals surface area (Å²) in [4.78, 5) is 72.2. The van der Waals surface area contributed by atoms with E-state index >= 15 is 0 Å². The first-order valence-electron chi connectivity index (χ1n) is 18.7. The van der Waals surface area contributed by atoms with E-state index in [0.717, 1.165) is 65.2 Å². The molecule has 2 saturated heterocycles. The molecule has 0 bridgehead atoms. The van der Waals surface area contributed by atoms with Crippen molar-refractivity contribution < 1.29 is 28.7 Å². The van der Waals surface area contributed by atoms with Gasteiger partial charge in [-0.15, -0.1) is 0 Å². The van der Waals surface area contributed by atoms with Gasteiger partial charge in [-0.2, -0.15) is 0 Å². The number of hydrogen-bond acceptors (Lipinski definition) is 9. The number of aromatic amines is 1. The summed E-state index contributed by atoms with van der Waals surface area (Å²) in [6.07, 6.45) is 3.79. The van der Waals surface area contributed by atoms with Crippen LogP contribution in [0, 0.1) is 11.8 Å². The van der Waals surface area contributed by atoms with Crippen LogP contribution in [0.4, 0.5) is 9.59 Å². The molecule has 3 N–H and O–H groups in total. The average Bonchev–Trinajstić information content (AvgIpc) is 4.02. The molecule has 54 heavy (non-hydrogen) atoms. The highest BCUT2D eigenvalue weighted by atomic mass is 16.5. The Morgan fingerprint density at radius 3 is 1.72 bits per heavy atom. The molecule has 2 fully saturated rings. The summed E-state index contributed by atoms with van der Waals surface area (Å²) >= 11 is 0. The first-order valence-corrected chi connectivity index (χ1v) is 18.7. The molecule has 4 amide bonds. The highest BCUT2D eigenvalue weighted by molar-refractivity contribution is 6.14. The maximum Gasteiger partial charge on any atom is 0.407 e. The SMILES string of the molecule is COC(=O)N[C@H](C(=O)N1CCC[C@H]1C1=NCC(c2ccc(-c3ccc(-c4cnc([C@@H]5CCCN5C(=O)[C@@H](NC(=O)OC)C(C)C)[nH]4)cc3)cc2)=N1)C(C)C. The Bertz CT molecular complexity index is 1900. The predicted octanol–water partition coefficient (Wildman–Crippen LogP) is 5.36. The van der Waals surface area contributed by atoms with Gasteiger partial charge in [-0.05, 0) is 59.8 Å². The number of rotatable bonds is 11. The van der Waals surface area contributed by atoms with Gasteiger partial charge in [-0.25, -0.2) is 19.6 Å². The Kier molecular flexibility index (Phi) is 11.8. The minimum atomic E-state index is -0.691. The highest BCUT2D eigenvalue weighted by Gasteiger charge is 2.39. The fourth-order valence-electron chi connectivity index (χ4n) is 7.42. The Balaban J connectivity index is 1.09. The zero-order chi connectivity index (χ0) is 38.5. The summed E-state index contributed by atoms with van der Waals surface area (Å²) < 4.78 is 9.50. The molecule has 4 atom stereocenters. The number of aromatic nitrogens is 2. The monoisotopic (exact) mass is 738 g/mol. The summed E-state index contributed by atoms with van der Waals surface area (Å²) in [5.74, 6) is 0.877. The molecular weight excluding hydrogens is 688 g/mol. The van der Waals surface area contributed by atoms with Gasteiger partial charge in [0.25, 0.3) is 0 Å². The second kappa shape index (κ2) is 16.6. The quantitative estimate of drug-likeness (QED) is 0.238. The van der Waals surface area contributed by atoms with Gasteiger partial charge in [0.1, 0.15) is 23.7 Å². The van der Waals surface area contributed by atoms with Crippen molar-refractivity contribution in [3.05, 3.63) is 66.1 Å². The molecule has 0 unspecified atom stereocenters. The molecular formula is C40H50N8O6. The molecule has 3 aliphatic rings. The van der Waals surface area contributed by atoms with Crippen LogP contribution in [0.1, 0.15) is 70.8 Å². The number of amides is 4. The molecule has 14 heteroatoms. The van der Waals surface area contributed by atoms with Crippen LogP contribution in [0.5, 0.6) is 0 Å². The van der Waals surface area contributed by atoms with E-state index in [9.17, 15) is 19.2 Å². The van der Waals surface area contributed by atoms with Crippen LogP contribution >= 0.6 is 0 Å². The van der Waals surface area contributed by atoms with Gasteiger partial charge >= 0.3 is 12.2 Å². The van der Waals surface area contributed by atoms with Crippen molar-refractivity contribution in [2.75, 3.05) is 33.9 Å². The third-order valence-corrected chi connectivity index (χ3v) is 10.5. The number of carbonyl (C=O) groups excluding carboxylic acids is 4. The smallest absolute Gasteiger partial charge is 0.407 e. The Labute approximate surface area is 315 Å². The Morgan fingerprint density at radius 1 is 0.722 bits per heavy atom. The number of alkyl carbamates (subject to hydrolysis) is 2. The fraction of sp³-hybridized carbons (Fsp3) is 0.475. The molecule has 0 saturated carbocycles. The number of carbonyl (C=O) groups is 4. The van der Waals surface area contributed by atoms with Gasteiger partial charge in [0.15, 0.2) is 0 Å². The van der Waals surface area contributed by atoms with E-state index in [-0.39, 0.29) is 35.7 Å². The largest absolute Gasteiger partial charge is 0.453 e. The number of methoxy groups -OCH3 is 2. The van der Waals surface area contributed by atoms with Crippen molar-refractivity contribution in [2.24, 2.45) is 21.8 Å². The zero-order valence-corrected chi connectivity index (χ0v) is 31.8. The first kappa shape index (κ1) is 38.2. The summed E-state index contributed by atoms with van der Waals surface area (Å²) in [6, 6.07) is 14.7. The van der Waals surface area contributed by atoms with Gasteiger partial charge in [0.05, 0.1) is 50.5 Å². The molecule has 0 aliphatic carbocycles. The predicted molar refractivity (Wildman–Crippen MR) is 205 cm³/mol. The number of imidazole rings is 1. The molecule has 0 spiro atoms. The molecule has 2 aromatic carbocycles. The third kappa shape index (κ3) is 8.17. The molecule has 6 rings (SSSR count). The van der Waals surface area contributed by atoms with Crippen LogP contribution in [0.15, 0.2) is 64.7 Å². The maximum atomic E-state index is 13.5. The van der Waals surface area contributed by atoms with Gasteiger partial charge in [-0.3, -0.25) is 14.6 Å². The molecule has 0 radical (unpaired) electrons. The molecule has 286 valence electrons. The average molecular weight is 739 g/mol. The summed E-state index contributed by atoms with van der Waals surface area (Å²) in [7, 11) is 2.58. The number of likely N-dealkylation sites (tertiary alicyclic amines) is 2. The standard InChI is InChI=1S/C40H50N8O6/c1-23(2)33(45-39(51)53-5)37(49)47-19-7-9-31(47)35-41-21-29(43-35)27-15-11-25(12-16-27)26-13-17-28(18-14-26)30-22-42-36(44-30)32-10-8-20-48(32)38(50)34(24(3)4)46-40(52)54-6/h11-18,21,23-24,31-34H,7-10,19-20,22H2,1-6H3,(H,41,43)(H,45,51)(H,46,52)/t31-,32-,33-,34-/m0/s1. The summed E-state index contributed by atoms with van der Waals surface area (Å²) in [6.45, 7) is 9.22. The zero-order valence-electron chi connectivity index (χ0n) is 31.8. The molecule has 1 aromatic heterocycles. The Hall–Kier alpha value is -5.53. The van der Waals surface area contributed by atoms with E-state index in [1.54, 1.807) is 16.0 Å². The minimum Gasteiger partial charge on any atom is -0.453 e. The molecule has 3 aliphatic heterocycles. The normalized spacial score (nSPS) is 19.4. The number of aliphatic imine (C=N–C) groups is 2. The third-order valence-electron chi connectivity index (χ3n) is 10.5. The van der Waals surface area contributed by atoms with Crippen LogP contribution < -0.4 is 10.6 Å². The number of ether oxygens (including phenoxy) is 2. The van der Waals surface area contributed by atoms with Gasteiger partial charge < -0.3 is 34.9 Å². The fourth-order valence-corrected chi connectivity index (χ4v) is 7.42. The van der Waals surface area contributed by atoms with E-state index < -0.39 is 24.3 Å². The lowest BCUT2D eigenvalue weighted by Crippen LogP contribution is -2.53. The number of hydrogen-bond donors (Lipinski definition) is 3. The lowest BCUT2D eigenvalue weighted by Gasteiger charge is -2.30. The van der Waals surface area contributed by atoms with Gasteiger partial charge in [0.2, 0.25) is 11.8 Å². The van der Waals surface area contributed by atoms with Crippen LogP contribution in [-0.4, -0.2) is 107 Å². The van der Waals surface area contributed by atoms with Crippen LogP contribution in [0.3, 0.4) is 0 Å². The van der Waals surface area contributed by atoms with Crippen molar-refractivity contribution in [1.29, 1.82) is 0 Å². The van der Waals surface area contributed by atoms with E-state index in [1.807, 2.05) is 52.0 Å². The van der Waals surface area contributed by atoms with Crippen LogP contribution in [0.2, 0.25) is 0 Å². The van der Waals surface area contributed by atoms with E-state index in [0.29, 0.717) is 25.5 Å². The van der Waals surface area contributed by atoms with Crippen molar-refractivity contribution in [1.82, 2.24) is 30.4 Å². The topological polar surface area (TPSA) is 171 Å². The lowest BCUT2D eigenvalue weighted by atomic mass is 10.0. The number of nitrogens with one attached hydrogen (secondary N) is 3. The number of amidine groups is 1. The lowest BCUT2D eigenvalue weighted by molar-refractivity contribution is -0.135. The number of nitrogens with zero attached hydrogens (tertiary/aromatic N) is 5. The van der Waals surface area contributed by atoms with E-state index in [4.69, 9.17) is 19.5 Å². The van der Waals surface area contributed by atoms with Crippen molar-refractivity contribution >= 4 is 35.5 Å². The molecule has 3 aromatic rings. The summed E-state index contributed by atoms with van der Waals surface area (Å²) in [5, 5.41) is 5.38. The van der Waals surface area contributed by atoms with Gasteiger partial charge in [0, 0.05) is 13.1 Å². The first-order chi connectivity index (χ1) is 26.0. The van der Waals surface area contributed by atoms with E-state index in [2.05, 4.69) is 44.9 Å². The highest BCUT2D eigenvalue weighted by Crippen LogP contribution is 2.33. The second-order valence-corrected chi connectivity index (χ2v) is 14.7. The molecule has 14 nitrogen and oxygen atoms in total. The van der Waals surface area contributed by atoms with Crippen LogP contribution in [-0.2, 0) is 19.1 Å². The second-order valence-electron chi connectivity index (χ2n) is 14.7.